The second kappa shape index (κ2) is 11.6. The second-order valence-corrected chi connectivity index (χ2v) is 8.83. The maximum atomic E-state index is 12.6. The lowest BCUT2D eigenvalue weighted by molar-refractivity contribution is -0.159. The number of nitrogens with one attached hydrogen (secondary N) is 2. The number of hydrogen-bond acceptors (Lipinski definition) is 8. The molecular weight excluding hydrogens is 478 g/mol. The lowest BCUT2D eigenvalue weighted by atomic mass is 9.74. The molecule has 1 amide bonds. The molecule has 0 bridgehead atoms. The fraction of sp³-hybridized carbons (Fsp3) is 0.500. The number of carboxylic acid groups (broad SMARTS) is 1. The number of benzene rings is 1. The van der Waals surface area contributed by atoms with Crippen molar-refractivity contribution >= 4 is 59.8 Å². The number of esters is 1. The van der Waals surface area contributed by atoms with Crippen LogP contribution < -0.4 is 10.6 Å². The molecule has 1 fully saturated rings. The monoisotopic (exact) mass is 502 g/mol. The molecule has 0 aromatic heterocycles. The lowest BCUT2D eigenvalue weighted by Gasteiger charge is -2.24. The Morgan fingerprint density at radius 2 is 1.94 bits per heavy atom. The molecule has 180 valence electrons. The summed E-state index contributed by atoms with van der Waals surface area (Å²) < 4.78 is 15.5. The molecule has 1 aromatic rings. The average molecular weight is 503 g/mol. The van der Waals surface area contributed by atoms with Crippen LogP contribution in [0.2, 0.25) is 10.0 Å². The first-order valence-corrected chi connectivity index (χ1v) is 10.9. The molecule has 1 heterocycles. The Labute approximate surface area is 201 Å². The van der Waals surface area contributed by atoms with Crippen LogP contribution >= 0.6 is 23.2 Å². The number of hydrogen-bond donors (Lipinski definition) is 3. The van der Waals surface area contributed by atoms with Gasteiger partial charge in [-0.2, -0.15) is 0 Å². The van der Waals surface area contributed by atoms with E-state index in [-0.39, 0.29) is 12.5 Å². The number of carboxylic acids is 1. The summed E-state index contributed by atoms with van der Waals surface area (Å²) in [5.41, 5.74) is -1.59. The number of anilines is 1. The third-order valence-electron chi connectivity index (χ3n) is 4.80. The van der Waals surface area contributed by atoms with Gasteiger partial charge >= 0.3 is 25.0 Å². The van der Waals surface area contributed by atoms with Gasteiger partial charge in [0.15, 0.2) is 5.60 Å². The van der Waals surface area contributed by atoms with Gasteiger partial charge in [0.1, 0.15) is 0 Å². The average Bonchev–Trinajstić information content (AvgIpc) is 3.02. The zero-order chi connectivity index (χ0) is 24.8. The van der Waals surface area contributed by atoms with E-state index in [0.717, 1.165) is 7.11 Å². The predicted molar refractivity (Wildman–Crippen MR) is 121 cm³/mol. The minimum absolute atomic E-state index is 0.0583. The Morgan fingerprint density at radius 3 is 2.55 bits per heavy atom. The Morgan fingerprint density at radius 1 is 1.24 bits per heavy atom. The van der Waals surface area contributed by atoms with E-state index in [0.29, 0.717) is 22.2 Å². The van der Waals surface area contributed by atoms with E-state index in [4.69, 9.17) is 32.5 Å². The normalized spacial score (nSPS) is 18.6. The minimum atomic E-state index is -2.05. The second-order valence-electron chi connectivity index (χ2n) is 7.99. The third-order valence-corrected chi connectivity index (χ3v) is 5.36. The van der Waals surface area contributed by atoms with Crippen LogP contribution in [0.25, 0.3) is 0 Å². The number of carbonyl (C=O) groups is 4. The van der Waals surface area contributed by atoms with Crippen molar-refractivity contribution < 1.29 is 38.3 Å². The molecule has 1 aliphatic rings. The SMILES string of the molecule is COC(=O)C[C@]1(CC(=O)O)OB([C@H](CC(C)C)NC(=O)CNc2cc(Cl)ccc2Cl)OC1=O. The summed E-state index contributed by atoms with van der Waals surface area (Å²) in [5.74, 6) is -4.40. The maximum absolute atomic E-state index is 12.6. The number of halogens is 2. The van der Waals surface area contributed by atoms with Crippen LogP contribution in [0.15, 0.2) is 18.2 Å². The Balaban J connectivity index is 2.14. The smallest absolute Gasteiger partial charge is 0.506 e. The fourth-order valence-electron chi connectivity index (χ4n) is 3.32. The van der Waals surface area contributed by atoms with Crippen LogP contribution in [0, 0.1) is 5.92 Å². The van der Waals surface area contributed by atoms with Gasteiger partial charge in [0.25, 0.3) is 0 Å². The summed E-state index contributed by atoms with van der Waals surface area (Å²) in [5, 5.41) is 15.7. The zero-order valence-electron chi connectivity index (χ0n) is 18.4. The van der Waals surface area contributed by atoms with Gasteiger partial charge < -0.3 is 29.8 Å². The summed E-state index contributed by atoms with van der Waals surface area (Å²) in [6, 6.07) is 4.76. The van der Waals surface area contributed by atoms with Gasteiger partial charge in [-0.1, -0.05) is 37.0 Å². The molecular formula is C20H25BCl2N2O8. The van der Waals surface area contributed by atoms with Gasteiger partial charge in [-0.15, -0.1) is 0 Å². The Bertz CT molecular complexity index is 916. The largest absolute Gasteiger partial charge is 0.552 e. The first-order chi connectivity index (χ1) is 15.5. The van der Waals surface area contributed by atoms with E-state index in [2.05, 4.69) is 15.4 Å². The van der Waals surface area contributed by atoms with Crippen LogP contribution in [-0.4, -0.2) is 61.2 Å². The van der Waals surface area contributed by atoms with Gasteiger partial charge in [0.2, 0.25) is 5.91 Å². The number of methoxy groups -OCH3 is 1. The van der Waals surface area contributed by atoms with Gasteiger partial charge in [-0.3, -0.25) is 19.2 Å². The van der Waals surface area contributed by atoms with Crippen molar-refractivity contribution in [3.05, 3.63) is 28.2 Å². The van der Waals surface area contributed by atoms with Crippen LogP contribution in [0.5, 0.6) is 0 Å². The molecule has 2 rings (SSSR count). The van der Waals surface area contributed by atoms with Gasteiger partial charge in [0.05, 0.1) is 43.1 Å². The number of ether oxygens (including phenoxy) is 1. The Kier molecular flexibility index (Phi) is 9.39. The number of carbonyl (C=O) groups excluding carboxylic acids is 3. The van der Waals surface area contributed by atoms with E-state index < -0.39 is 55.3 Å². The Hall–Kier alpha value is -2.50. The molecule has 0 radical (unpaired) electrons. The topological polar surface area (TPSA) is 140 Å². The molecule has 1 aliphatic heterocycles. The molecule has 1 aromatic carbocycles. The summed E-state index contributed by atoms with van der Waals surface area (Å²) in [4.78, 5) is 48.3. The molecule has 2 atom stereocenters. The van der Waals surface area contributed by atoms with Crippen molar-refractivity contribution in [2.75, 3.05) is 19.0 Å². The highest BCUT2D eigenvalue weighted by Crippen LogP contribution is 2.33. The highest BCUT2D eigenvalue weighted by molar-refractivity contribution is 6.51. The molecule has 0 unspecified atom stereocenters. The summed E-state index contributed by atoms with van der Waals surface area (Å²) in [6.45, 7) is 3.61. The van der Waals surface area contributed by atoms with E-state index in [1.807, 2.05) is 13.8 Å². The first-order valence-electron chi connectivity index (χ1n) is 10.1. The standard InChI is InChI=1S/C20H25BCl2N2O8/c1-11(2)6-15(25-16(26)10-24-14-7-12(22)4-5-13(14)23)21-32-19(30)20(33-21,8-17(27)28)9-18(29)31-3/h4-5,7,11,15,24H,6,8-10H2,1-3H3,(H,25,26)(H,27,28)/t15-,20-/m0/s1. The van der Waals surface area contributed by atoms with E-state index in [1.54, 1.807) is 18.2 Å². The van der Waals surface area contributed by atoms with Crippen LogP contribution in [0.1, 0.15) is 33.1 Å². The highest BCUT2D eigenvalue weighted by atomic mass is 35.5. The lowest BCUT2D eigenvalue weighted by Crippen LogP contribution is -2.50. The fourth-order valence-corrected chi connectivity index (χ4v) is 3.68. The van der Waals surface area contributed by atoms with Crippen molar-refractivity contribution in [1.82, 2.24) is 5.32 Å². The molecule has 0 spiro atoms. The van der Waals surface area contributed by atoms with Crippen molar-refractivity contribution in [2.24, 2.45) is 5.92 Å². The van der Waals surface area contributed by atoms with E-state index in [1.165, 1.54) is 0 Å². The molecule has 1 saturated heterocycles. The van der Waals surface area contributed by atoms with Crippen molar-refractivity contribution in [2.45, 2.75) is 44.7 Å². The van der Waals surface area contributed by atoms with Crippen LogP contribution in [-0.2, 0) is 33.2 Å². The van der Waals surface area contributed by atoms with Gasteiger partial charge in [-0.05, 0) is 30.5 Å². The molecule has 13 heteroatoms. The van der Waals surface area contributed by atoms with E-state index >= 15 is 0 Å². The molecule has 10 nitrogen and oxygen atoms in total. The summed E-state index contributed by atoms with van der Waals surface area (Å²) in [7, 11) is -0.183. The predicted octanol–water partition coefficient (Wildman–Crippen LogP) is 2.31. The zero-order valence-corrected chi connectivity index (χ0v) is 19.9. The highest BCUT2D eigenvalue weighted by Gasteiger charge is 2.58. The quantitative estimate of drug-likeness (QED) is 0.307. The molecule has 33 heavy (non-hydrogen) atoms. The molecule has 0 aliphatic carbocycles. The van der Waals surface area contributed by atoms with Crippen molar-refractivity contribution in [3.63, 3.8) is 0 Å². The summed E-state index contributed by atoms with van der Waals surface area (Å²) >= 11 is 12.0. The first kappa shape index (κ1) is 26.8. The van der Waals surface area contributed by atoms with Crippen LogP contribution in [0.3, 0.4) is 0 Å². The number of aliphatic carboxylic acids is 1. The maximum Gasteiger partial charge on any atom is 0.552 e. The van der Waals surface area contributed by atoms with Crippen molar-refractivity contribution in [3.8, 4) is 0 Å². The van der Waals surface area contributed by atoms with Gasteiger partial charge in [0, 0.05) is 5.02 Å². The number of rotatable bonds is 11. The summed E-state index contributed by atoms with van der Waals surface area (Å²) in [6.07, 6.45) is -1.08. The molecule has 3 N–H and O–H groups in total. The van der Waals surface area contributed by atoms with Crippen LogP contribution in [0.4, 0.5) is 5.69 Å². The minimum Gasteiger partial charge on any atom is -0.506 e. The van der Waals surface area contributed by atoms with E-state index in [9.17, 15) is 24.3 Å². The molecule has 0 saturated carbocycles. The third kappa shape index (κ3) is 7.51. The van der Waals surface area contributed by atoms with Gasteiger partial charge in [-0.25, -0.2) is 0 Å². The van der Waals surface area contributed by atoms with Crippen molar-refractivity contribution in [1.29, 1.82) is 0 Å². The number of amides is 1.